The van der Waals surface area contributed by atoms with Crippen LogP contribution in [0.5, 0.6) is 0 Å². The zero-order chi connectivity index (χ0) is 12.3. The van der Waals surface area contributed by atoms with Gasteiger partial charge in [-0.1, -0.05) is 19.1 Å². The number of rotatable bonds is 4. The minimum absolute atomic E-state index is 0.00178. The van der Waals surface area contributed by atoms with Crippen LogP contribution in [0.1, 0.15) is 29.0 Å². The molecule has 0 aliphatic rings. The van der Waals surface area contributed by atoms with E-state index in [0.29, 0.717) is 0 Å². The molecule has 0 saturated carbocycles. The maximum atomic E-state index is 6.29. The molecule has 1 nitrogen and oxygen atoms in total. The SMILES string of the molecule is CCSc1ccc(C(N)c2ccsc2C)cc1. The molecule has 0 radical (unpaired) electrons. The van der Waals surface area contributed by atoms with E-state index in [1.165, 1.54) is 20.9 Å². The summed E-state index contributed by atoms with van der Waals surface area (Å²) in [5.74, 6) is 1.11. The van der Waals surface area contributed by atoms with Crippen LogP contribution < -0.4 is 5.73 Å². The van der Waals surface area contributed by atoms with Crippen LogP contribution in [-0.2, 0) is 0 Å². The molecule has 2 rings (SSSR count). The first kappa shape index (κ1) is 12.7. The van der Waals surface area contributed by atoms with Gasteiger partial charge in [0.1, 0.15) is 0 Å². The van der Waals surface area contributed by atoms with Crippen LogP contribution in [-0.4, -0.2) is 5.75 Å². The lowest BCUT2D eigenvalue weighted by Crippen LogP contribution is -2.11. The third-order valence-corrected chi connectivity index (χ3v) is 4.54. The Hall–Kier alpha value is -0.770. The highest BCUT2D eigenvalue weighted by Gasteiger charge is 2.11. The van der Waals surface area contributed by atoms with Crippen LogP contribution in [0, 0.1) is 6.92 Å². The number of hydrogen-bond acceptors (Lipinski definition) is 3. The molecule has 0 aliphatic heterocycles. The second kappa shape index (κ2) is 5.71. The van der Waals surface area contributed by atoms with Gasteiger partial charge in [0.05, 0.1) is 6.04 Å². The molecular weight excluding hydrogens is 246 g/mol. The predicted octanol–water partition coefficient (Wildman–Crippen LogP) is 4.22. The Bertz CT molecular complexity index is 473. The summed E-state index contributed by atoms with van der Waals surface area (Å²) in [7, 11) is 0. The highest BCUT2D eigenvalue weighted by Crippen LogP contribution is 2.27. The van der Waals surface area contributed by atoms with Crippen molar-refractivity contribution in [1.29, 1.82) is 0 Å². The van der Waals surface area contributed by atoms with Gasteiger partial charge < -0.3 is 5.73 Å². The number of benzene rings is 1. The van der Waals surface area contributed by atoms with E-state index in [-0.39, 0.29) is 6.04 Å². The van der Waals surface area contributed by atoms with Gasteiger partial charge in [0.2, 0.25) is 0 Å². The molecule has 0 amide bonds. The maximum absolute atomic E-state index is 6.29. The Balaban J connectivity index is 2.20. The molecule has 2 N–H and O–H groups in total. The fourth-order valence-corrected chi connectivity index (χ4v) is 3.25. The molecule has 2 aromatic rings. The van der Waals surface area contributed by atoms with Crippen LogP contribution >= 0.6 is 23.1 Å². The van der Waals surface area contributed by atoms with E-state index in [1.54, 1.807) is 11.3 Å². The van der Waals surface area contributed by atoms with E-state index in [1.807, 2.05) is 11.8 Å². The summed E-state index contributed by atoms with van der Waals surface area (Å²) in [6, 6.07) is 10.7. The van der Waals surface area contributed by atoms with E-state index in [9.17, 15) is 0 Å². The number of thioether (sulfide) groups is 1. The zero-order valence-corrected chi connectivity index (χ0v) is 11.8. The van der Waals surface area contributed by atoms with Crippen molar-refractivity contribution >= 4 is 23.1 Å². The number of thiophene rings is 1. The van der Waals surface area contributed by atoms with Crippen LogP contribution in [0.3, 0.4) is 0 Å². The first-order chi connectivity index (χ1) is 8.22. The van der Waals surface area contributed by atoms with Crippen molar-refractivity contribution in [1.82, 2.24) is 0 Å². The van der Waals surface area contributed by atoms with Gasteiger partial charge in [0.25, 0.3) is 0 Å². The minimum atomic E-state index is 0.00178. The summed E-state index contributed by atoms with van der Waals surface area (Å²) >= 11 is 3.61. The summed E-state index contributed by atoms with van der Waals surface area (Å²) in [5, 5.41) is 2.10. The molecular formula is C14H17NS2. The molecule has 1 heterocycles. The molecule has 0 fully saturated rings. The lowest BCUT2D eigenvalue weighted by atomic mass is 10.0. The van der Waals surface area contributed by atoms with Crippen LogP contribution in [0.4, 0.5) is 0 Å². The first-order valence-corrected chi connectivity index (χ1v) is 7.61. The van der Waals surface area contributed by atoms with Crippen molar-refractivity contribution < 1.29 is 0 Å². The van der Waals surface area contributed by atoms with E-state index in [2.05, 4.69) is 49.6 Å². The second-order valence-corrected chi connectivity index (χ2v) is 6.37. The van der Waals surface area contributed by atoms with Crippen molar-refractivity contribution in [2.45, 2.75) is 24.8 Å². The highest BCUT2D eigenvalue weighted by molar-refractivity contribution is 7.99. The van der Waals surface area contributed by atoms with Crippen molar-refractivity contribution in [3.05, 3.63) is 51.7 Å². The average molecular weight is 263 g/mol. The molecule has 1 aromatic carbocycles. The van der Waals surface area contributed by atoms with Crippen molar-refractivity contribution in [2.24, 2.45) is 5.73 Å². The molecule has 1 atom stereocenters. The van der Waals surface area contributed by atoms with Crippen molar-refractivity contribution in [3.8, 4) is 0 Å². The van der Waals surface area contributed by atoms with Crippen LogP contribution in [0.25, 0.3) is 0 Å². The molecule has 0 spiro atoms. The largest absolute Gasteiger partial charge is 0.320 e. The maximum Gasteiger partial charge on any atom is 0.0562 e. The number of nitrogens with two attached hydrogens (primary N) is 1. The Kier molecular flexibility index (Phi) is 4.26. The number of aryl methyl sites for hydroxylation is 1. The molecule has 17 heavy (non-hydrogen) atoms. The summed E-state index contributed by atoms with van der Waals surface area (Å²) in [5.41, 5.74) is 8.71. The molecule has 1 unspecified atom stereocenters. The van der Waals surface area contributed by atoms with Gasteiger partial charge in [-0.05, 0) is 47.4 Å². The third kappa shape index (κ3) is 2.92. The molecule has 1 aromatic heterocycles. The normalized spacial score (nSPS) is 12.6. The van der Waals surface area contributed by atoms with Crippen molar-refractivity contribution in [3.63, 3.8) is 0 Å². The average Bonchev–Trinajstić information content (AvgIpc) is 2.76. The molecule has 0 bridgehead atoms. The second-order valence-electron chi connectivity index (χ2n) is 3.91. The molecule has 3 heteroatoms. The number of hydrogen-bond donors (Lipinski definition) is 1. The molecule has 0 aliphatic carbocycles. The lowest BCUT2D eigenvalue weighted by molar-refractivity contribution is 0.867. The van der Waals surface area contributed by atoms with Gasteiger partial charge in [0.15, 0.2) is 0 Å². The fraction of sp³-hybridized carbons (Fsp3) is 0.286. The zero-order valence-electron chi connectivity index (χ0n) is 10.1. The minimum Gasteiger partial charge on any atom is -0.320 e. The van der Waals surface area contributed by atoms with E-state index in [4.69, 9.17) is 5.73 Å². The van der Waals surface area contributed by atoms with Gasteiger partial charge >= 0.3 is 0 Å². The summed E-state index contributed by atoms with van der Waals surface area (Å²) in [6.45, 7) is 4.29. The van der Waals surface area contributed by atoms with E-state index in [0.717, 1.165) is 5.75 Å². The first-order valence-electron chi connectivity index (χ1n) is 5.74. The quantitative estimate of drug-likeness (QED) is 0.836. The topological polar surface area (TPSA) is 26.0 Å². The summed E-state index contributed by atoms with van der Waals surface area (Å²) in [4.78, 5) is 2.62. The van der Waals surface area contributed by atoms with Crippen LogP contribution in [0.2, 0.25) is 0 Å². The Morgan fingerprint density at radius 2 is 1.94 bits per heavy atom. The van der Waals surface area contributed by atoms with Gasteiger partial charge in [-0.25, -0.2) is 0 Å². The van der Waals surface area contributed by atoms with Crippen molar-refractivity contribution in [2.75, 3.05) is 5.75 Å². The molecule has 90 valence electrons. The van der Waals surface area contributed by atoms with Gasteiger partial charge in [-0.15, -0.1) is 23.1 Å². The van der Waals surface area contributed by atoms with Gasteiger partial charge in [-0.2, -0.15) is 0 Å². The smallest absolute Gasteiger partial charge is 0.0562 e. The fourth-order valence-electron chi connectivity index (χ4n) is 1.84. The highest BCUT2D eigenvalue weighted by atomic mass is 32.2. The van der Waals surface area contributed by atoms with Gasteiger partial charge in [-0.3, -0.25) is 0 Å². The Labute approximate surface area is 111 Å². The standard InChI is InChI=1S/C14H17NS2/c1-3-16-12-6-4-11(5-7-12)14(15)13-8-9-17-10(13)2/h4-9,14H,3,15H2,1-2H3. The van der Waals surface area contributed by atoms with E-state index >= 15 is 0 Å². The summed E-state index contributed by atoms with van der Waals surface area (Å²) in [6.07, 6.45) is 0. The monoisotopic (exact) mass is 263 g/mol. The lowest BCUT2D eigenvalue weighted by Gasteiger charge is -2.12. The Morgan fingerprint density at radius 3 is 2.47 bits per heavy atom. The molecule has 0 saturated heterocycles. The van der Waals surface area contributed by atoms with Crippen LogP contribution in [0.15, 0.2) is 40.6 Å². The third-order valence-electron chi connectivity index (χ3n) is 2.78. The van der Waals surface area contributed by atoms with E-state index < -0.39 is 0 Å². The summed E-state index contributed by atoms with van der Waals surface area (Å²) < 4.78 is 0. The van der Waals surface area contributed by atoms with Gasteiger partial charge in [0, 0.05) is 9.77 Å². The predicted molar refractivity (Wildman–Crippen MR) is 77.9 cm³/mol. The Morgan fingerprint density at radius 1 is 1.24 bits per heavy atom.